The number of carbonyl (C=O) groups is 1. The SMILES string of the molecule is CC(C)CCCCCCNCC(=O)NC(C)C. The van der Waals surface area contributed by atoms with Gasteiger partial charge in [0, 0.05) is 6.04 Å². The van der Waals surface area contributed by atoms with Gasteiger partial charge in [-0.05, 0) is 32.7 Å². The monoisotopic (exact) mass is 242 g/mol. The van der Waals surface area contributed by atoms with Crippen molar-refractivity contribution in [1.29, 1.82) is 0 Å². The van der Waals surface area contributed by atoms with E-state index in [2.05, 4.69) is 24.5 Å². The predicted octanol–water partition coefficient (Wildman–Crippen LogP) is 2.71. The van der Waals surface area contributed by atoms with Crippen molar-refractivity contribution < 1.29 is 4.79 Å². The Morgan fingerprint density at radius 3 is 2.24 bits per heavy atom. The first-order chi connectivity index (χ1) is 8.02. The Bertz CT molecular complexity index is 191. The van der Waals surface area contributed by atoms with Gasteiger partial charge in [0.05, 0.1) is 6.54 Å². The summed E-state index contributed by atoms with van der Waals surface area (Å²) in [6.45, 7) is 9.90. The van der Waals surface area contributed by atoms with Crippen LogP contribution in [0.4, 0.5) is 0 Å². The maximum atomic E-state index is 11.3. The van der Waals surface area contributed by atoms with Crippen LogP contribution in [0.2, 0.25) is 0 Å². The van der Waals surface area contributed by atoms with Gasteiger partial charge in [0.25, 0.3) is 0 Å². The van der Waals surface area contributed by atoms with Gasteiger partial charge in [0.2, 0.25) is 5.91 Å². The van der Waals surface area contributed by atoms with Crippen LogP contribution in [0, 0.1) is 5.92 Å². The molecule has 102 valence electrons. The molecule has 0 aliphatic rings. The maximum Gasteiger partial charge on any atom is 0.234 e. The van der Waals surface area contributed by atoms with E-state index in [1.807, 2.05) is 13.8 Å². The fourth-order valence-corrected chi connectivity index (χ4v) is 1.73. The Balaban J connectivity index is 3.16. The Morgan fingerprint density at radius 1 is 1.00 bits per heavy atom. The number of unbranched alkanes of at least 4 members (excludes halogenated alkanes) is 3. The molecule has 0 fully saturated rings. The second-order valence-corrected chi connectivity index (χ2v) is 5.50. The number of hydrogen-bond acceptors (Lipinski definition) is 2. The van der Waals surface area contributed by atoms with E-state index >= 15 is 0 Å². The molecule has 0 atom stereocenters. The van der Waals surface area contributed by atoms with Crippen molar-refractivity contribution in [2.45, 2.75) is 65.8 Å². The number of hydrogen-bond donors (Lipinski definition) is 2. The molecule has 3 heteroatoms. The fourth-order valence-electron chi connectivity index (χ4n) is 1.73. The summed E-state index contributed by atoms with van der Waals surface area (Å²) in [5, 5.41) is 6.04. The van der Waals surface area contributed by atoms with Gasteiger partial charge in [-0.3, -0.25) is 4.79 Å². The highest BCUT2D eigenvalue weighted by Gasteiger charge is 2.01. The van der Waals surface area contributed by atoms with Crippen molar-refractivity contribution in [2.24, 2.45) is 5.92 Å². The molecule has 0 aromatic heterocycles. The van der Waals surface area contributed by atoms with Crippen molar-refractivity contribution in [1.82, 2.24) is 10.6 Å². The molecule has 0 radical (unpaired) electrons. The first kappa shape index (κ1) is 16.4. The molecule has 0 saturated carbocycles. The van der Waals surface area contributed by atoms with Crippen LogP contribution in [0.25, 0.3) is 0 Å². The standard InChI is InChI=1S/C14H30N2O/c1-12(2)9-7-5-6-8-10-15-11-14(17)16-13(3)4/h12-13,15H,5-11H2,1-4H3,(H,16,17). The maximum absolute atomic E-state index is 11.3. The van der Waals surface area contributed by atoms with Crippen molar-refractivity contribution in [2.75, 3.05) is 13.1 Å². The lowest BCUT2D eigenvalue weighted by Crippen LogP contribution is -2.37. The molecule has 0 bridgehead atoms. The molecule has 2 N–H and O–H groups in total. The summed E-state index contributed by atoms with van der Waals surface area (Å²) in [6, 6.07) is 0.236. The summed E-state index contributed by atoms with van der Waals surface area (Å²) in [6.07, 6.45) is 6.44. The zero-order valence-corrected chi connectivity index (χ0v) is 12.0. The normalized spacial score (nSPS) is 11.2. The van der Waals surface area contributed by atoms with Gasteiger partial charge in [0.15, 0.2) is 0 Å². The second kappa shape index (κ2) is 10.6. The van der Waals surface area contributed by atoms with Crippen LogP contribution in [-0.2, 0) is 4.79 Å². The lowest BCUT2D eigenvalue weighted by Gasteiger charge is -2.09. The number of amides is 1. The average molecular weight is 242 g/mol. The molecule has 0 unspecified atom stereocenters. The van der Waals surface area contributed by atoms with Crippen LogP contribution in [0.5, 0.6) is 0 Å². The molecule has 17 heavy (non-hydrogen) atoms. The van der Waals surface area contributed by atoms with Crippen LogP contribution in [0.15, 0.2) is 0 Å². The first-order valence-corrected chi connectivity index (χ1v) is 7.02. The zero-order valence-electron chi connectivity index (χ0n) is 12.0. The van der Waals surface area contributed by atoms with E-state index in [9.17, 15) is 4.79 Å². The minimum absolute atomic E-state index is 0.0970. The molecule has 0 aliphatic carbocycles. The van der Waals surface area contributed by atoms with Crippen LogP contribution in [0.3, 0.4) is 0 Å². The van der Waals surface area contributed by atoms with Gasteiger partial charge in [-0.25, -0.2) is 0 Å². The van der Waals surface area contributed by atoms with Crippen LogP contribution >= 0.6 is 0 Å². The number of carbonyl (C=O) groups excluding carboxylic acids is 1. The molecule has 3 nitrogen and oxygen atoms in total. The molecule has 1 amide bonds. The van der Waals surface area contributed by atoms with Crippen molar-refractivity contribution >= 4 is 5.91 Å². The third kappa shape index (κ3) is 13.4. The molecule has 0 aromatic carbocycles. The highest BCUT2D eigenvalue weighted by atomic mass is 16.1. The molecule has 0 spiro atoms. The minimum atomic E-state index is 0.0970. The Hall–Kier alpha value is -0.570. The van der Waals surface area contributed by atoms with Crippen molar-refractivity contribution in [3.8, 4) is 0 Å². The molecular formula is C14H30N2O. The third-order valence-electron chi connectivity index (χ3n) is 2.62. The Kier molecular flexibility index (Phi) is 10.2. The van der Waals surface area contributed by atoms with Crippen LogP contribution in [0.1, 0.15) is 59.8 Å². The Labute approximate surface area is 107 Å². The minimum Gasteiger partial charge on any atom is -0.353 e. The predicted molar refractivity (Wildman–Crippen MR) is 74.1 cm³/mol. The summed E-state index contributed by atoms with van der Waals surface area (Å²) >= 11 is 0. The van der Waals surface area contributed by atoms with Gasteiger partial charge in [-0.15, -0.1) is 0 Å². The summed E-state index contributed by atoms with van der Waals surface area (Å²) in [5.74, 6) is 0.924. The smallest absolute Gasteiger partial charge is 0.234 e. The van der Waals surface area contributed by atoms with Gasteiger partial charge in [-0.1, -0.05) is 39.5 Å². The molecule has 0 heterocycles. The van der Waals surface area contributed by atoms with E-state index in [0.717, 1.165) is 12.5 Å². The summed E-state index contributed by atoms with van der Waals surface area (Å²) in [4.78, 5) is 11.3. The van der Waals surface area contributed by atoms with E-state index in [1.54, 1.807) is 0 Å². The molecular weight excluding hydrogens is 212 g/mol. The highest BCUT2D eigenvalue weighted by molar-refractivity contribution is 5.78. The summed E-state index contributed by atoms with van der Waals surface area (Å²) in [5.41, 5.74) is 0. The largest absolute Gasteiger partial charge is 0.353 e. The fraction of sp³-hybridized carbons (Fsp3) is 0.929. The van der Waals surface area contributed by atoms with Crippen LogP contribution < -0.4 is 10.6 Å². The van der Waals surface area contributed by atoms with E-state index in [0.29, 0.717) is 6.54 Å². The topological polar surface area (TPSA) is 41.1 Å². The van der Waals surface area contributed by atoms with E-state index in [4.69, 9.17) is 0 Å². The van der Waals surface area contributed by atoms with Gasteiger partial charge < -0.3 is 10.6 Å². The summed E-state index contributed by atoms with van der Waals surface area (Å²) < 4.78 is 0. The summed E-state index contributed by atoms with van der Waals surface area (Å²) in [7, 11) is 0. The van der Waals surface area contributed by atoms with E-state index in [1.165, 1.54) is 32.1 Å². The Morgan fingerprint density at radius 2 is 1.65 bits per heavy atom. The van der Waals surface area contributed by atoms with Gasteiger partial charge in [0.1, 0.15) is 0 Å². The first-order valence-electron chi connectivity index (χ1n) is 7.02. The molecule has 0 aromatic rings. The lowest BCUT2D eigenvalue weighted by atomic mass is 10.0. The zero-order chi connectivity index (χ0) is 13.1. The van der Waals surface area contributed by atoms with E-state index in [-0.39, 0.29) is 11.9 Å². The molecule has 0 rings (SSSR count). The average Bonchev–Trinajstić information content (AvgIpc) is 2.20. The number of nitrogens with one attached hydrogen (secondary N) is 2. The van der Waals surface area contributed by atoms with Crippen molar-refractivity contribution in [3.63, 3.8) is 0 Å². The lowest BCUT2D eigenvalue weighted by molar-refractivity contribution is -0.120. The van der Waals surface area contributed by atoms with Gasteiger partial charge in [-0.2, -0.15) is 0 Å². The van der Waals surface area contributed by atoms with Crippen LogP contribution in [-0.4, -0.2) is 25.0 Å². The number of rotatable bonds is 10. The van der Waals surface area contributed by atoms with Crippen molar-refractivity contribution in [3.05, 3.63) is 0 Å². The second-order valence-electron chi connectivity index (χ2n) is 5.50. The quantitative estimate of drug-likeness (QED) is 0.578. The molecule has 0 aliphatic heterocycles. The van der Waals surface area contributed by atoms with Gasteiger partial charge >= 0.3 is 0 Å². The third-order valence-corrected chi connectivity index (χ3v) is 2.62. The molecule has 0 saturated heterocycles. The van der Waals surface area contributed by atoms with E-state index < -0.39 is 0 Å². The highest BCUT2D eigenvalue weighted by Crippen LogP contribution is 2.08.